The number of allylic oxidation sites excluding steroid dienone is 1. The number of nitrogens with zero attached hydrogens (tertiary/aromatic N) is 2. The first-order chi connectivity index (χ1) is 15.7. The molecule has 33 heavy (non-hydrogen) atoms. The normalized spacial score (nSPS) is 16.4. The minimum absolute atomic E-state index is 0.179. The summed E-state index contributed by atoms with van der Waals surface area (Å²) in [5.41, 5.74) is -0.288. The second-order valence-corrected chi connectivity index (χ2v) is 9.03. The van der Waals surface area contributed by atoms with Gasteiger partial charge in [0.2, 0.25) is 0 Å². The average molecular weight is 494 g/mol. The quantitative estimate of drug-likeness (QED) is 0.548. The van der Waals surface area contributed by atoms with Crippen molar-refractivity contribution < 1.29 is 22.7 Å². The number of thiazole rings is 1. The van der Waals surface area contributed by atoms with Gasteiger partial charge in [0.1, 0.15) is 10.6 Å². The lowest BCUT2D eigenvalue weighted by Crippen LogP contribution is -2.39. The van der Waals surface area contributed by atoms with Crippen LogP contribution in [0.3, 0.4) is 0 Å². The SMILES string of the molecule is CCOC(=O)C1=C(C)N=c2s/c(=C\Nc3cccc(C(F)(F)F)c3)c(=O)n2[C@@H]1c1cccs1. The van der Waals surface area contributed by atoms with Gasteiger partial charge in [-0.3, -0.25) is 9.36 Å². The zero-order chi connectivity index (χ0) is 23.8. The molecule has 1 atom stereocenters. The molecule has 6 nitrogen and oxygen atoms in total. The highest BCUT2D eigenvalue weighted by molar-refractivity contribution is 7.10. The van der Waals surface area contributed by atoms with Crippen molar-refractivity contribution in [1.29, 1.82) is 0 Å². The van der Waals surface area contributed by atoms with Crippen LogP contribution in [-0.2, 0) is 15.7 Å². The van der Waals surface area contributed by atoms with E-state index in [0.29, 0.717) is 10.5 Å². The van der Waals surface area contributed by atoms with Gasteiger partial charge in [0.05, 0.1) is 23.4 Å². The summed E-state index contributed by atoms with van der Waals surface area (Å²) in [6.45, 7) is 3.56. The van der Waals surface area contributed by atoms with Gasteiger partial charge in [-0.2, -0.15) is 13.2 Å². The maximum absolute atomic E-state index is 13.3. The molecule has 0 bridgehead atoms. The number of carbonyl (C=O) groups excluding carboxylic acids is 1. The monoisotopic (exact) mass is 493 g/mol. The van der Waals surface area contributed by atoms with Gasteiger partial charge in [0, 0.05) is 16.8 Å². The molecule has 3 heterocycles. The van der Waals surface area contributed by atoms with Crippen molar-refractivity contribution in [2.45, 2.75) is 26.1 Å². The Hall–Kier alpha value is -3.18. The van der Waals surface area contributed by atoms with E-state index in [9.17, 15) is 22.8 Å². The van der Waals surface area contributed by atoms with Crippen LogP contribution in [0.25, 0.3) is 6.20 Å². The summed E-state index contributed by atoms with van der Waals surface area (Å²) in [6.07, 6.45) is -3.12. The summed E-state index contributed by atoms with van der Waals surface area (Å²) >= 11 is 2.48. The van der Waals surface area contributed by atoms with E-state index in [-0.39, 0.29) is 22.4 Å². The number of nitrogens with one attached hydrogen (secondary N) is 1. The molecule has 1 aliphatic heterocycles. The molecule has 0 amide bonds. The van der Waals surface area contributed by atoms with E-state index in [1.807, 2.05) is 17.5 Å². The van der Waals surface area contributed by atoms with Gasteiger partial charge in [-0.05, 0) is 43.5 Å². The number of esters is 1. The van der Waals surface area contributed by atoms with E-state index in [2.05, 4.69) is 10.3 Å². The zero-order valence-electron chi connectivity index (χ0n) is 17.5. The van der Waals surface area contributed by atoms with E-state index in [0.717, 1.165) is 28.3 Å². The smallest absolute Gasteiger partial charge is 0.416 e. The van der Waals surface area contributed by atoms with Crippen LogP contribution >= 0.6 is 22.7 Å². The minimum Gasteiger partial charge on any atom is -0.463 e. The molecule has 0 spiro atoms. The highest BCUT2D eigenvalue weighted by atomic mass is 32.1. The van der Waals surface area contributed by atoms with Crippen LogP contribution < -0.4 is 20.2 Å². The van der Waals surface area contributed by atoms with Crippen molar-refractivity contribution in [3.63, 3.8) is 0 Å². The Labute approximate surface area is 194 Å². The molecule has 0 saturated heterocycles. The maximum Gasteiger partial charge on any atom is 0.416 e. The van der Waals surface area contributed by atoms with E-state index >= 15 is 0 Å². The molecule has 2 aromatic heterocycles. The molecule has 11 heteroatoms. The van der Waals surface area contributed by atoms with Gasteiger partial charge in [-0.15, -0.1) is 11.3 Å². The van der Waals surface area contributed by atoms with Gasteiger partial charge in [-0.25, -0.2) is 9.79 Å². The number of alkyl halides is 3. The van der Waals surface area contributed by atoms with Crippen molar-refractivity contribution in [2.24, 2.45) is 4.99 Å². The molecule has 0 aliphatic carbocycles. The number of hydrogen-bond acceptors (Lipinski definition) is 7. The summed E-state index contributed by atoms with van der Waals surface area (Å²) in [4.78, 5) is 31.6. The first kappa shape index (κ1) is 23.0. The number of thiophene rings is 1. The fourth-order valence-electron chi connectivity index (χ4n) is 3.44. The second kappa shape index (κ2) is 8.99. The van der Waals surface area contributed by atoms with Crippen molar-refractivity contribution >= 4 is 40.5 Å². The molecule has 172 valence electrons. The number of carbonyl (C=O) groups is 1. The van der Waals surface area contributed by atoms with Gasteiger partial charge < -0.3 is 10.1 Å². The van der Waals surface area contributed by atoms with E-state index < -0.39 is 29.3 Å². The molecule has 3 aromatic rings. The third-order valence-corrected chi connectivity index (χ3v) is 6.80. The van der Waals surface area contributed by atoms with Crippen LogP contribution in [-0.4, -0.2) is 17.1 Å². The summed E-state index contributed by atoms with van der Waals surface area (Å²) in [5, 5.41) is 4.61. The van der Waals surface area contributed by atoms with Crippen LogP contribution in [0, 0.1) is 0 Å². The number of benzene rings is 1. The van der Waals surface area contributed by atoms with Crippen LogP contribution in [0.15, 0.2) is 62.8 Å². The molecular formula is C22H18F3N3O3S2. The lowest BCUT2D eigenvalue weighted by Gasteiger charge is -2.23. The fraction of sp³-hybridized carbons (Fsp3) is 0.227. The number of anilines is 1. The Kier molecular flexibility index (Phi) is 6.26. The third kappa shape index (κ3) is 4.51. The topological polar surface area (TPSA) is 72.7 Å². The molecule has 0 fully saturated rings. The van der Waals surface area contributed by atoms with E-state index in [1.54, 1.807) is 13.8 Å². The van der Waals surface area contributed by atoms with Crippen molar-refractivity contribution in [2.75, 3.05) is 11.9 Å². The van der Waals surface area contributed by atoms with Crippen LogP contribution in [0.1, 0.15) is 30.3 Å². The summed E-state index contributed by atoms with van der Waals surface area (Å²) in [5.74, 6) is -0.548. The Morgan fingerprint density at radius 1 is 1.30 bits per heavy atom. The molecule has 0 unspecified atom stereocenters. The van der Waals surface area contributed by atoms with Gasteiger partial charge in [-0.1, -0.05) is 23.5 Å². The number of aromatic nitrogens is 1. The van der Waals surface area contributed by atoms with Crippen LogP contribution in [0.2, 0.25) is 0 Å². The van der Waals surface area contributed by atoms with Crippen molar-refractivity contribution in [3.8, 4) is 0 Å². The Balaban J connectivity index is 1.79. The molecule has 0 radical (unpaired) electrons. The standard InChI is InChI=1S/C22H18F3N3O3S2/c1-3-31-20(30)17-12(2)27-21-28(18(17)15-8-5-9-32-15)19(29)16(33-21)11-26-14-7-4-6-13(10-14)22(23,24)25/h4-11,18,26H,3H2,1-2H3/b16-11-/t18-/m1/s1. The number of ether oxygens (including phenoxy) is 1. The Bertz CT molecular complexity index is 1400. The van der Waals surface area contributed by atoms with Gasteiger partial charge in [0.25, 0.3) is 5.56 Å². The second-order valence-electron chi connectivity index (χ2n) is 7.04. The number of halogens is 3. The zero-order valence-corrected chi connectivity index (χ0v) is 19.1. The largest absolute Gasteiger partial charge is 0.463 e. The first-order valence-electron chi connectivity index (χ1n) is 9.86. The number of hydrogen-bond donors (Lipinski definition) is 1. The molecule has 0 saturated carbocycles. The van der Waals surface area contributed by atoms with Gasteiger partial charge in [0.15, 0.2) is 4.80 Å². The maximum atomic E-state index is 13.3. The van der Waals surface area contributed by atoms with Crippen molar-refractivity contribution in [3.05, 3.63) is 83.2 Å². The average Bonchev–Trinajstić information content (AvgIpc) is 3.39. The predicted octanol–water partition coefficient (Wildman–Crippen LogP) is 3.90. The minimum atomic E-state index is -4.47. The lowest BCUT2D eigenvalue weighted by atomic mass is 10.0. The summed E-state index contributed by atoms with van der Waals surface area (Å²) in [7, 11) is 0. The first-order valence-corrected chi connectivity index (χ1v) is 11.6. The molecule has 1 aliphatic rings. The highest BCUT2D eigenvalue weighted by Crippen LogP contribution is 2.33. The van der Waals surface area contributed by atoms with Gasteiger partial charge >= 0.3 is 12.1 Å². The highest BCUT2D eigenvalue weighted by Gasteiger charge is 2.34. The summed E-state index contributed by atoms with van der Waals surface area (Å²) in [6, 6.07) is 7.64. The number of rotatable bonds is 5. The number of fused-ring (bicyclic) bond motifs is 1. The van der Waals surface area contributed by atoms with Crippen LogP contribution in [0.5, 0.6) is 0 Å². The molecular weight excluding hydrogens is 475 g/mol. The van der Waals surface area contributed by atoms with Crippen molar-refractivity contribution in [1.82, 2.24) is 4.57 Å². The van der Waals surface area contributed by atoms with Crippen LogP contribution in [0.4, 0.5) is 18.9 Å². The molecule has 1 N–H and O–H groups in total. The lowest BCUT2D eigenvalue weighted by molar-refractivity contribution is -0.139. The molecule has 4 rings (SSSR count). The predicted molar refractivity (Wildman–Crippen MR) is 121 cm³/mol. The fourth-order valence-corrected chi connectivity index (χ4v) is 5.23. The Morgan fingerprint density at radius 2 is 2.09 bits per heavy atom. The summed E-state index contributed by atoms with van der Waals surface area (Å²) < 4.78 is 45.8. The van der Waals surface area contributed by atoms with E-state index in [1.165, 1.54) is 34.2 Å². The molecule has 1 aromatic carbocycles. The Morgan fingerprint density at radius 3 is 2.76 bits per heavy atom. The third-order valence-electron chi connectivity index (χ3n) is 4.89. The van der Waals surface area contributed by atoms with E-state index in [4.69, 9.17) is 4.74 Å².